The smallest absolute Gasteiger partial charge is 0.309 e. The second-order valence-corrected chi connectivity index (χ2v) is 10.7. The number of hydrogen-bond donors (Lipinski definition) is 1. The van der Waals surface area contributed by atoms with Gasteiger partial charge in [0.15, 0.2) is 11.5 Å². The van der Waals surface area contributed by atoms with E-state index in [4.69, 9.17) is 35.6 Å². The molecule has 0 unspecified atom stereocenters. The molecular formula is C35H32ClN3O6. The van der Waals surface area contributed by atoms with Crippen LogP contribution in [0.1, 0.15) is 28.4 Å². The normalized spacial score (nSPS) is 10.7. The largest absolute Gasteiger partial charge is 0.493 e. The highest BCUT2D eigenvalue weighted by molar-refractivity contribution is 6.34. The lowest BCUT2D eigenvalue weighted by Gasteiger charge is -2.14. The summed E-state index contributed by atoms with van der Waals surface area (Å²) >= 11 is 6.22. The highest BCUT2D eigenvalue weighted by atomic mass is 35.5. The molecule has 4 aromatic carbocycles. The van der Waals surface area contributed by atoms with E-state index in [9.17, 15) is 9.59 Å². The van der Waals surface area contributed by atoms with Crippen LogP contribution < -0.4 is 24.3 Å². The fourth-order valence-electron chi connectivity index (χ4n) is 5.08. The SMILES string of the molecule is COc1cc(-c2nn(-c3ccc(C)cc3C)c(OC(C)=O)c2-c2ccc(NC(=O)c3ccccc3Cl)cc2)cc(OC)c1OC. The molecule has 0 aliphatic rings. The van der Waals surface area contributed by atoms with Gasteiger partial charge in [-0.2, -0.15) is 9.78 Å². The van der Waals surface area contributed by atoms with Gasteiger partial charge in [0.1, 0.15) is 5.69 Å². The van der Waals surface area contributed by atoms with Crippen LogP contribution in [0.15, 0.2) is 78.9 Å². The minimum Gasteiger partial charge on any atom is -0.493 e. The molecule has 1 heterocycles. The lowest BCUT2D eigenvalue weighted by Crippen LogP contribution is -2.12. The molecule has 0 saturated heterocycles. The predicted molar refractivity (Wildman–Crippen MR) is 174 cm³/mol. The number of esters is 1. The molecule has 0 saturated carbocycles. The summed E-state index contributed by atoms with van der Waals surface area (Å²) in [5.74, 6) is 0.678. The van der Waals surface area contributed by atoms with Crippen LogP contribution in [0.3, 0.4) is 0 Å². The van der Waals surface area contributed by atoms with Gasteiger partial charge in [-0.3, -0.25) is 9.59 Å². The number of nitrogens with zero attached hydrogens (tertiary/aromatic N) is 2. The summed E-state index contributed by atoms with van der Waals surface area (Å²) in [6.45, 7) is 5.32. The fourth-order valence-corrected chi connectivity index (χ4v) is 5.30. The minimum absolute atomic E-state index is 0.228. The van der Waals surface area contributed by atoms with Gasteiger partial charge in [0.25, 0.3) is 5.91 Å². The number of nitrogens with one attached hydrogen (secondary N) is 1. The summed E-state index contributed by atoms with van der Waals surface area (Å²) in [6.07, 6.45) is 0. The molecule has 0 radical (unpaired) electrons. The molecule has 0 spiro atoms. The zero-order chi connectivity index (χ0) is 32.2. The van der Waals surface area contributed by atoms with E-state index in [2.05, 4.69) is 5.32 Å². The van der Waals surface area contributed by atoms with Crippen molar-refractivity contribution in [1.29, 1.82) is 0 Å². The summed E-state index contributed by atoms with van der Waals surface area (Å²) < 4.78 is 24.3. The van der Waals surface area contributed by atoms with E-state index < -0.39 is 5.97 Å². The van der Waals surface area contributed by atoms with E-state index in [0.717, 1.165) is 16.8 Å². The first-order valence-electron chi connectivity index (χ1n) is 14.0. The zero-order valence-corrected chi connectivity index (χ0v) is 26.5. The van der Waals surface area contributed by atoms with Crippen molar-refractivity contribution < 1.29 is 28.5 Å². The van der Waals surface area contributed by atoms with Gasteiger partial charge in [-0.1, -0.05) is 53.6 Å². The molecule has 1 N–H and O–H groups in total. The minimum atomic E-state index is -0.512. The Balaban J connectivity index is 1.71. The van der Waals surface area contributed by atoms with Gasteiger partial charge in [-0.25, -0.2) is 0 Å². The third kappa shape index (κ3) is 6.34. The molecule has 10 heteroatoms. The second kappa shape index (κ2) is 13.2. The summed E-state index contributed by atoms with van der Waals surface area (Å²) in [6, 6.07) is 23.5. The van der Waals surface area contributed by atoms with Gasteiger partial charge in [0.2, 0.25) is 11.6 Å². The zero-order valence-electron chi connectivity index (χ0n) is 25.7. The van der Waals surface area contributed by atoms with Crippen LogP contribution >= 0.6 is 11.6 Å². The van der Waals surface area contributed by atoms with Crippen LogP contribution in [-0.4, -0.2) is 43.0 Å². The van der Waals surface area contributed by atoms with Crippen molar-refractivity contribution in [3.05, 3.63) is 101 Å². The molecule has 45 heavy (non-hydrogen) atoms. The molecule has 5 aromatic rings. The Morgan fingerprint density at radius 2 is 1.49 bits per heavy atom. The molecule has 0 aliphatic carbocycles. The number of anilines is 1. The highest BCUT2D eigenvalue weighted by Crippen LogP contribution is 2.46. The number of aromatic nitrogens is 2. The molecule has 0 aliphatic heterocycles. The Morgan fingerprint density at radius 3 is 2.07 bits per heavy atom. The van der Waals surface area contributed by atoms with Crippen molar-refractivity contribution in [3.63, 3.8) is 0 Å². The summed E-state index contributed by atoms with van der Waals surface area (Å²) in [5, 5.41) is 8.23. The molecule has 5 rings (SSSR count). The topological polar surface area (TPSA) is 101 Å². The van der Waals surface area contributed by atoms with Crippen LogP contribution in [-0.2, 0) is 4.79 Å². The van der Waals surface area contributed by atoms with Crippen molar-refractivity contribution in [3.8, 4) is 51.2 Å². The Hall–Kier alpha value is -5.28. The van der Waals surface area contributed by atoms with Gasteiger partial charge < -0.3 is 24.3 Å². The first-order chi connectivity index (χ1) is 21.6. The average molecular weight is 626 g/mol. The number of methoxy groups -OCH3 is 3. The average Bonchev–Trinajstić information content (AvgIpc) is 3.38. The predicted octanol–water partition coefficient (Wildman–Crippen LogP) is 7.68. The van der Waals surface area contributed by atoms with Gasteiger partial charge in [0, 0.05) is 18.2 Å². The van der Waals surface area contributed by atoms with E-state index in [0.29, 0.717) is 55.9 Å². The standard InChI is InChI=1S/C35H32ClN3O6/c1-20-11-16-28(21(2)17-20)39-35(45-22(3)40)31(32(38-39)24-18-29(42-4)33(44-6)30(19-24)43-5)23-12-14-25(15-13-23)37-34(41)26-9-7-8-10-27(26)36/h7-19H,1-6H3,(H,37,41). The molecule has 0 bridgehead atoms. The number of hydrogen-bond acceptors (Lipinski definition) is 7. The second-order valence-electron chi connectivity index (χ2n) is 10.2. The summed E-state index contributed by atoms with van der Waals surface area (Å²) in [5.41, 5.74) is 6.02. The first kappa shape index (κ1) is 31.2. The van der Waals surface area contributed by atoms with Gasteiger partial charge in [0.05, 0.1) is 43.2 Å². The Labute approximate surface area is 266 Å². The fraction of sp³-hybridized carbons (Fsp3) is 0.171. The van der Waals surface area contributed by atoms with Crippen molar-refractivity contribution in [2.24, 2.45) is 0 Å². The number of ether oxygens (including phenoxy) is 4. The van der Waals surface area contributed by atoms with E-state index in [1.165, 1.54) is 28.3 Å². The van der Waals surface area contributed by atoms with Crippen LogP contribution in [0.25, 0.3) is 28.1 Å². The van der Waals surface area contributed by atoms with Crippen molar-refractivity contribution in [2.45, 2.75) is 20.8 Å². The lowest BCUT2D eigenvalue weighted by atomic mass is 10.00. The van der Waals surface area contributed by atoms with Gasteiger partial charge in [-0.05, 0) is 67.4 Å². The number of halogens is 1. The quantitative estimate of drug-likeness (QED) is 0.168. The third-order valence-corrected chi connectivity index (χ3v) is 7.48. The first-order valence-corrected chi connectivity index (χ1v) is 14.4. The van der Waals surface area contributed by atoms with Crippen molar-refractivity contribution in [1.82, 2.24) is 9.78 Å². The Morgan fingerprint density at radius 1 is 0.822 bits per heavy atom. The summed E-state index contributed by atoms with van der Waals surface area (Å²) in [4.78, 5) is 25.4. The van der Waals surface area contributed by atoms with Crippen LogP contribution in [0.5, 0.6) is 23.1 Å². The third-order valence-electron chi connectivity index (χ3n) is 7.15. The summed E-state index contributed by atoms with van der Waals surface area (Å²) in [7, 11) is 4.61. The number of carbonyl (C=O) groups is 2. The monoisotopic (exact) mass is 625 g/mol. The molecule has 0 fully saturated rings. The van der Waals surface area contributed by atoms with E-state index in [1.807, 2.05) is 44.2 Å². The van der Waals surface area contributed by atoms with Crippen LogP contribution in [0.2, 0.25) is 5.02 Å². The number of carbonyl (C=O) groups excluding carboxylic acids is 2. The molecular weight excluding hydrogens is 594 g/mol. The maximum atomic E-state index is 12.9. The van der Waals surface area contributed by atoms with E-state index in [-0.39, 0.29) is 11.8 Å². The maximum Gasteiger partial charge on any atom is 0.309 e. The molecule has 9 nitrogen and oxygen atoms in total. The van der Waals surface area contributed by atoms with Crippen LogP contribution in [0.4, 0.5) is 5.69 Å². The molecule has 0 atom stereocenters. The molecule has 1 amide bonds. The highest BCUT2D eigenvalue weighted by Gasteiger charge is 2.27. The maximum absolute atomic E-state index is 12.9. The van der Waals surface area contributed by atoms with Gasteiger partial charge in [-0.15, -0.1) is 0 Å². The Bertz CT molecular complexity index is 1870. The lowest BCUT2D eigenvalue weighted by molar-refractivity contribution is -0.132. The van der Waals surface area contributed by atoms with E-state index >= 15 is 0 Å². The van der Waals surface area contributed by atoms with Crippen molar-refractivity contribution in [2.75, 3.05) is 26.6 Å². The number of amides is 1. The van der Waals surface area contributed by atoms with Gasteiger partial charge >= 0.3 is 5.97 Å². The Kier molecular flexibility index (Phi) is 9.11. The van der Waals surface area contributed by atoms with Crippen molar-refractivity contribution >= 4 is 29.2 Å². The van der Waals surface area contributed by atoms with E-state index in [1.54, 1.807) is 53.2 Å². The molecule has 1 aromatic heterocycles. The van der Waals surface area contributed by atoms with Crippen LogP contribution in [0, 0.1) is 13.8 Å². The number of rotatable bonds is 9. The number of aryl methyl sites for hydroxylation is 2. The number of benzene rings is 4. The molecule has 230 valence electrons.